The largest absolute Gasteiger partial charge is 0.336 e. The van der Waals surface area contributed by atoms with Gasteiger partial charge in [-0.3, -0.25) is 4.79 Å². The van der Waals surface area contributed by atoms with Crippen LogP contribution in [0, 0.1) is 0 Å². The number of carbonyl (C=O) groups excluding carboxylic acids is 1. The molecule has 1 aliphatic heterocycles. The number of hydrogen-bond acceptors (Lipinski definition) is 5. The Labute approximate surface area is 153 Å². The third-order valence-corrected chi connectivity index (χ3v) is 6.77. The molecule has 8 nitrogen and oxygen atoms in total. The van der Waals surface area contributed by atoms with Crippen LogP contribution in [-0.2, 0) is 10.0 Å². The molecule has 26 heavy (non-hydrogen) atoms. The van der Waals surface area contributed by atoms with Gasteiger partial charge >= 0.3 is 0 Å². The van der Waals surface area contributed by atoms with Gasteiger partial charge in [-0.05, 0) is 30.7 Å². The van der Waals surface area contributed by atoms with Crippen LogP contribution in [0.3, 0.4) is 0 Å². The molecule has 140 valence electrons. The Hall–Kier alpha value is -2.26. The lowest BCUT2D eigenvalue weighted by atomic mass is 10.2. The molecule has 1 amide bonds. The van der Waals surface area contributed by atoms with Crippen molar-refractivity contribution in [2.45, 2.75) is 31.2 Å². The van der Waals surface area contributed by atoms with Gasteiger partial charge < -0.3 is 4.90 Å². The Morgan fingerprint density at radius 3 is 2.50 bits per heavy atom. The summed E-state index contributed by atoms with van der Waals surface area (Å²) in [5, 5.41) is 7.80. The van der Waals surface area contributed by atoms with Gasteiger partial charge in [0.2, 0.25) is 10.0 Å². The molecular weight excluding hydrogens is 354 g/mol. The fourth-order valence-electron chi connectivity index (χ4n) is 3.22. The van der Waals surface area contributed by atoms with E-state index in [9.17, 15) is 13.2 Å². The molecule has 1 aromatic heterocycles. The van der Waals surface area contributed by atoms with Crippen LogP contribution in [-0.4, -0.2) is 64.7 Å². The minimum absolute atomic E-state index is 0.0978. The second-order valence-electron chi connectivity index (χ2n) is 6.19. The van der Waals surface area contributed by atoms with Crippen molar-refractivity contribution in [3.63, 3.8) is 0 Å². The summed E-state index contributed by atoms with van der Waals surface area (Å²) in [6.07, 6.45) is 4.24. The summed E-state index contributed by atoms with van der Waals surface area (Å²) < 4.78 is 28.2. The summed E-state index contributed by atoms with van der Waals surface area (Å²) in [6, 6.07) is 6.31. The molecule has 0 bridgehead atoms. The molecule has 0 radical (unpaired) electrons. The molecule has 2 heterocycles. The zero-order valence-electron chi connectivity index (χ0n) is 14.9. The van der Waals surface area contributed by atoms with E-state index in [0.717, 1.165) is 6.42 Å². The smallest absolute Gasteiger partial charge is 0.253 e. The lowest BCUT2D eigenvalue weighted by Gasteiger charge is -2.19. The van der Waals surface area contributed by atoms with E-state index in [1.807, 2.05) is 0 Å². The number of amides is 1. The van der Waals surface area contributed by atoms with Crippen LogP contribution in [0.2, 0.25) is 0 Å². The lowest BCUT2D eigenvalue weighted by Crippen LogP contribution is -2.31. The van der Waals surface area contributed by atoms with E-state index >= 15 is 0 Å². The Bertz CT molecular complexity index is 845. The first-order valence-electron chi connectivity index (χ1n) is 8.72. The van der Waals surface area contributed by atoms with Gasteiger partial charge in [0.25, 0.3) is 5.91 Å². The maximum atomic E-state index is 12.7. The van der Waals surface area contributed by atoms with Crippen LogP contribution < -0.4 is 0 Å². The Morgan fingerprint density at radius 1 is 1.23 bits per heavy atom. The van der Waals surface area contributed by atoms with Gasteiger partial charge in [0.15, 0.2) is 0 Å². The van der Waals surface area contributed by atoms with Crippen molar-refractivity contribution in [1.82, 2.24) is 24.2 Å². The van der Waals surface area contributed by atoms with Crippen molar-refractivity contribution >= 4 is 15.9 Å². The third kappa shape index (κ3) is 3.49. The molecule has 1 atom stereocenters. The molecule has 1 aliphatic rings. The van der Waals surface area contributed by atoms with Gasteiger partial charge in [0.05, 0.1) is 17.1 Å². The summed E-state index contributed by atoms with van der Waals surface area (Å²) in [4.78, 5) is 14.7. The minimum atomic E-state index is -3.51. The monoisotopic (exact) mass is 377 g/mol. The highest BCUT2D eigenvalue weighted by atomic mass is 32.2. The second-order valence-corrected chi connectivity index (χ2v) is 8.13. The van der Waals surface area contributed by atoms with E-state index in [2.05, 4.69) is 10.3 Å². The predicted octanol–water partition coefficient (Wildman–Crippen LogP) is 1.40. The standard InChI is InChI=1S/C17H23N5O3S/c1-3-21(4-2)26(24,25)16-7-5-14(6-8-16)17(23)20-11-9-15(13-20)22-12-10-18-19-22/h5-8,10,12,15H,3-4,9,11,13H2,1-2H3. The molecule has 3 rings (SSSR count). The Morgan fingerprint density at radius 2 is 1.92 bits per heavy atom. The van der Waals surface area contributed by atoms with Crippen LogP contribution in [0.25, 0.3) is 0 Å². The summed E-state index contributed by atoms with van der Waals surface area (Å²) in [5.74, 6) is -0.0978. The molecule has 0 spiro atoms. The molecule has 1 aromatic carbocycles. The lowest BCUT2D eigenvalue weighted by molar-refractivity contribution is 0.0787. The van der Waals surface area contributed by atoms with E-state index in [-0.39, 0.29) is 16.8 Å². The molecule has 0 N–H and O–H groups in total. The van der Waals surface area contributed by atoms with Crippen LogP contribution in [0.1, 0.15) is 36.7 Å². The number of sulfonamides is 1. The fourth-order valence-corrected chi connectivity index (χ4v) is 4.68. The van der Waals surface area contributed by atoms with Crippen LogP contribution in [0.15, 0.2) is 41.6 Å². The molecule has 0 aliphatic carbocycles. The Balaban J connectivity index is 1.72. The number of hydrogen-bond donors (Lipinski definition) is 0. The topological polar surface area (TPSA) is 88.4 Å². The van der Waals surface area contributed by atoms with E-state index in [4.69, 9.17) is 0 Å². The molecule has 9 heteroatoms. The van der Waals surface area contributed by atoms with Crippen molar-refractivity contribution in [1.29, 1.82) is 0 Å². The number of rotatable bonds is 6. The number of aromatic nitrogens is 3. The summed E-state index contributed by atoms with van der Waals surface area (Å²) in [5.41, 5.74) is 0.489. The van der Waals surface area contributed by atoms with Gasteiger partial charge in [0, 0.05) is 37.9 Å². The first kappa shape index (κ1) is 18.5. The SMILES string of the molecule is CCN(CC)S(=O)(=O)c1ccc(C(=O)N2CCC(n3ccnn3)C2)cc1. The summed E-state index contributed by atoms with van der Waals surface area (Å²) in [6.45, 7) is 5.65. The van der Waals surface area contributed by atoms with Crippen LogP contribution >= 0.6 is 0 Å². The van der Waals surface area contributed by atoms with Gasteiger partial charge in [-0.2, -0.15) is 4.31 Å². The number of benzene rings is 1. The first-order chi connectivity index (χ1) is 12.5. The van der Waals surface area contributed by atoms with Crippen molar-refractivity contribution in [3.8, 4) is 0 Å². The second kappa shape index (κ2) is 7.55. The van der Waals surface area contributed by atoms with Gasteiger partial charge in [-0.15, -0.1) is 5.10 Å². The minimum Gasteiger partial charge on any atom is -0.336 e. The maximum absolute atomic E-state index is 12.7. The number of nitrogens with zero attached hydrogens (tertiary/aromatic N) is 5. The zero-order chi connectivity index (χ0) is 18.7. The zero-order valence-corrected chi connectivity index (χ0v) is 15.8. The highest BCUT2D eigenvalue weighted by molar-refractivity contribution is 7.89. The van der Waals surface area contributed by atoms with Gasteiger partial charge in [-0.1, -0.05) is 19.1 Å². The highest BCUT2D eigenvalue weighted by Crippen LogP contribution is 2.23. The highest BCUT2D eigenvalue weighted by Gasteiger charge is 2.29. The van der Waals surface area contributed by atoms with Crippen molar-refractivity contribution in [2.24, 2.45) is 0 Å². The summed E-state index contributed by atoms with van der Waals surface area (Å²) >= 11 is 0. The van der Waals surface area contributed by atoms with E-state index in [0.29, 0.717) is 31.7 Å². The van der Waals surface area contributed by atoms with E-state index in [1.54, 1.807) is 48.0 Å². The fraction of sp³-hybridized carbons (Fsp3) is 0.471. The predicted molar refractivity (Wildman–Crippen MR) is 96.1 cm³/mol. The molecule has 2 aromatic rings. The molecule has 1 fully saturated rings. The van der Waals surface area contributed by atoms with Gasteiger partial charge in [-0.25, -0.2) is 13.1 Å². The number of carbonyl (C=O) groups is 1. The van der Waals surface area contributed by atoms with Crippen LogP contribution in [0.5, 0.6) is 0 Å². The first-order valence-corrected chi connectivity index (χ1v) is 10.2. The average Bonchev–Trinajstić information content (AvgIpc) is 3.33. The van der Waals surface area contributed by atoms with E-state index < -0.39 is 10.0 Å². The molecular formula is C17H23N5O3S. The van der Waals surface area contributed by atoms with E-state index in [1.165, 1.54) is 16.4 Å². The molecule has 1 saturated heterocycles. The van der Waals surface area contributed by atoms with Crippen molar-refractivity contribution in [2.75, 3.05) is 26.2 Å². The summed E-state index contributed by atoms with van der Waals surface area (Å²) in [7, 11) is -3.51. The van der Waals surface area contributed by atoms with Gasteiger partial charge in [0.1, 0.15) is 0 Å². The van der Waals surface area contributed by atoms with Crippen LogP contribution in [0.4, 0.5) is 0 Å². The third-order valence-electron chi connectivity index (χ3n) is 4.71. The normalized spacial score (nSPS) is 17.8. The molecule has 0 saturated carbocycles. The van der Waals surface area contributed by atoms with Crippen molar-refractivity contribution in [3.05, 3.63) is 42.2 Å². The number of likely N-dealkylation sites (tertiary alicyclic amines) is 1. The average molecular weight is 377 g/mol. The Kier molecular flexibility index (Phi) is 5.38. The maximum Gasteiger partial charge on any atom is 0.253 e. The quantitative estimate of drug-likeness (QED) is 0.759. The molecule has 1 unspecified atom stereocenters. The van der Waals surface area contributed by atoms with Crippen molar-refractivity contribution < 1.29 is 13.2 Å².